The minimum Gasteiger partial charge on any atom is -0.503 e. The van der Waals surface area contributed by atoms with Gasteiger partial charge in [-0.25, -0.2) is 0 Å². The zero-order chi connectivity index (χ0) is 10.2. The van der Waals surface area contributed by atoms with E-state index in [4.69, 9.17) is 16.7 Å². The molecule has 1 aromatic heterocycles. The Morgan fingerprint density at radius 1 is 1.54 bits per heavy atom. The number of nitrogens with zero attached hydrogens (tertiary/aromatic N) is 1. The third kappa shape index (κ3) is 1.62. The highest BCUT2D eigenvalue weighted by atomic mass is 35.5. The molecule has 13 heavy (non-hydrogen) atoms. The molecular formula is C8H10ClNO3. The minimum absolute atomic E-state index is 0.0919. The van der Waals surface area contributed by atoms with Crippen LogP contribution in [0, 0.1) is 0 Å². The normalized spacial score (nSPS) is 10.8. The molecule has 72 valence electrons. The van der Waals surface area contributed by atoms with Crippen molar-refractivity contribution in [2.75, 3.05) is 0 Å². The summed E-state index contributed by atoms with van der Waals surface area (Å²) < 4.78 is 0.670. The molecule has 2 N–H and O–H groups in total. The van der Waals surface area contributed by atoms with E-state index in [1.54, 1.807) is 13.8 Å². The maximum absolute atomic E-state index is 11.1. The molecule has 0 aliphatic rings. The highest BCUT2D eigenvalue weighted by Crippen LogP contribution is 2.22. The third-order valence-corrected chi connectivity index (χ3v) is 2.06. The molecule has 1 aromatic rings. The molecule has 0 radical (unpaired) electrons. The minimum atomic E-state index is -0.657. The second-order valence-corrected chi connectivity index (χ2v) is 3.42. The van der Waals surface area contributed by atoms with Crippen LogP contribution in [0.3, 0.4) is 0 Å². The Bertz CT molecular complexity index is 384. The Balaban J connectivity index is 3.53. The van der Waals surface area contributed by atoms with Gasteiger partial charge in [-0.15, -0.1) is 0 Å². The summed E-state index contributed by atoms with van der Waals surface area (Å²) in [4.78, 5) is 11.1. The van der Waals surface area contributed by atoms with Gasteiger partial charge in [0.15, 0.2) is 5.75 Å². The summed E-state index contributed by atoms with van der Waals surface area (Å²) in [6.45, 7) is 3.56. The Morgan fingerprint density at radius 2 is 2.08 bits per heavy atom. The Morgan fingerprint density at radius 3 is 2.54 bits per heavy atom. The van der Waals surface area contributed by atoms with Gasteiger partial charge in [-0.2, -0.15) is 4.73 Å². The monoisotopic (exact) mass is 203 g/mol. The highest BCUT2D eigenvalue weighted by Gasteiger charge is 2.15. The van der Waals surface area contributed by atoms with Gasteiger partial charge in [0, 0.05) is 0 Å². The van der Waals surface area contributed by atoms with Gasteiger partial charge in [-0.3, -0.25) is 4.79 Å². The average Bonchev–Trinajstić information content (AvgIpc) is 1.99. The van der Waals surface area contributed by atoms with Crippen LogP contribution in [-0.2, 0) is 0 Å². The van der Waals surface area contributed by atoms with Crippen molar-refractivity contribution in [1.29, 1.82) is 0 Å². The second kappa shape index (κ2) is 3.30. The molecule has 0 bridgehead atoms. The van der Waals surface area contributed by atoms with E-state index in [9.17, 15) is 10.0 Å². The maximum Gasteiger partial charge on any atom is 0.242 e. The smallest absolute Gasteiger partial charge is 0.242 e. The van der Waals surface area contributed by atoms with Crippen LogP contribution >= 0.6 is 11.6 Å². The van der Waals surface area contributed by atoms with Crippen LogP contribution in [0.4, 0.5) is 0 Å². The lowest BCUT2D eigenvalue weighted by molar-refractivity contribution is 0.168. The van der Waals surface area contributed by atoms with E-state index in [0.29, 0.717) is 10.4 Å². The summed E-state index contributed by atoms with van der Waals surface area (Å²) in [7, 11) is 0. The van der Waals surface area contributed by atoms with E-state index in [1.807, 2.05) is 0 Å². The predicted molar refractivity (Wildman–Crippen MR) is 48.7 cm³/mol. The molecule has 1 rings (SSSR count). The molecule has 0 aliphatic carbocycles. The summed E-state index contributed by atoms with van der Waals surface area (Å²) >= 11 is 5.65. The number of hydrogen-bond donors (Lipinski definition) is 2. The highest BCUT2D eigenvalue weighted by molar-refractivity contribution is 6.31. The van der Waals surface area contributed by atoms with Crippen molar-refractivity contribution in [1.82, 2.24) is 4.73 Å². The van der Waals surface area contributed by atoms with Gasteiger partial charge < -0.3 is 10.3 Å². The van der Waals surface area contributed by atoms with Gasteiger partial charge in [0.2, 0.25) is 5.43 Å². The van der Waals surface area contributed by atoms with Crippen LogP contribution in [0.2, 0.25) is 5.02 Å². The van der Waals surface area contributed by atoms with Crippen molar-refractivity contribution < 1.29 is 10.3 Å². The summed E-state index contributed by atoms with van der Waals surface area (Å²) in [6, 6.07) is 0. The number of rotatable bonds is 1. The molecule has 0 unspecified atom stereocenters. The Kier molecular flexibility index (Phi) is 2.52. The number of pyridine rings is 1. The first-order valence-corrected chi connectivity index (χ1v) is 4.16. The van der Waals surface area contributed by atoms with E-state index >= 15 is 0 Å². The molecule has 0 aromatic carbocycles. The van der Waals surface area contributed by atoms with Gasteiger partial charge >= 0.3 is 0 Å². The quantitative estimate of drug-likeness (QED) is 0.681. The number of aromatic hydroxyl groups is 1. The van der Waals surface area contributed by atoms with E-state index in [2.05, 4.69) is 0 Å². The fraction of sp³-hybridized carbons (Fsp3) is 0.375. The fourth-order valence-electron chi connectivity index (χ4n) is 1.09. The van der Waals surface area contributed by atoms with Gasteiger partial charge in [-0.05, 0) is 5.92 Å². The summed E-state index contributed by atoms with van der Waals surface area (Å²) in [5.41, 5.74) is -0.361. The van der Waals surface area contributed by atoms with Crippen molar-refractivity contribution >= 4 is 11.6 Å². The van der Waals surface area contributed by atoms with Crippen LogP contribution in [0.25, 0.3) is 0 Å². The topological polar surface area (TPSA) is 62.5 Å². The van der Waals surface area contributed by atoms with Crippen molar-refractivity contribution in [3.05, 3.63) is 27.1 Å². The van der Waals surface area contributed by atoms with Gasteiger partial charge in [-0.1, -0.05) is 25.4 Å². The molecule has 0 atom stereocenters. The Labute approximate surface area is 80.0 Å². The standard InChI is InChI=1S/C8H10ClNO3/c1-4(2)7-6(9)8(12)5(11)3-10(7)13/h3-4,11,13H,1-2H3. The van der Waals surface area contributed by atoms with Crippen LogP contribution in [0.15, 0.2) is 11.0 Å². The van der Waals surface area contributed by atoms with E-state index < -0.39 is 11.2 Å². The molecule has 4 nitrogen and oxygen atoms in total. The van der Waals surface area contributed by atoms with Gasteiger partial charge in [0.05, 0.1) is 11.9 Å². The lowest BCUT2D eigenvalue weighted by Crippen LogP contribution is -2.13. The largest absolute Gasteiger partial charge is 0.503 e. The summed E-state index contributed by atoms with van der Waals surface area (Å²) in [6.07, 6.45) is 0.934. The summed E-state index contributed by atoms with van der Waals surface area (Å²) in [5.74, 6) is -0.650. The number of hydrogen-bond acceptors (Lipinski definition) is 3. The molecule has 0 fully saturated rings. The first kappa shape index (κ1) is 9.92. The molecule has 5 heteroatoms. The lowest BCUT2D eigenvalue weighted by Gasteiger charge is -2.11. The lowest BCUT2D eigenvalue weighted by atomic mass is 10.1. The van der Waals surface area contributed by atoms with Crippen LogP contribution in [0.1, 0.15) is 25.5 Å². The Hall–Kier alpha value is -1.16. The molecule has 0 amide bonds. The first-order valence-electron chi connectivity index (χ1n) is 3.78. The molecule has 1 heterocycles. The molecule has 0 aliphatic heterocycles. The van der Waals surface area contributed by atoms with Crippen molar-refractivity contribution in [3.8, 4) is 5.75 Å². The van der Waals surface area contributed by atoms with Crippen molar-refractivity contribution in [2.24, 2.45) is 0 Å². The average molecular weight is 204 g/mol. The summed E-state index contributed by atoms with van der Waals surface area (Å²) in [5, 5.41) is 18.2. The predicted octanol–water partition coefficient (Wildman–Crippen LogP) is 1.57. The van der Waals surface area contributed by atoms with Crippen LogP contribution < -0.4 is 5.43 Å². The van der Waals surface area contributed by atoms with Crippen LogP contribution in [-0.4, -0.2) is 15.0 Å². The van der Waals surface area contributed by atoms with Crippen molar-refractivity contribution in [3.63, 3.8) is 0 Å². The maximum atomic E-state index is 11.1. The number of aromatic nitrogens is 1. The fourth-order valence-corrected chi connectivity index (χ4v) is 1.49. The van der Waals surface area contributed by atoms with Crippen molar-refractivity contribution in [2.45, 2.75) is 19.8 Å². The number of halogens is 1. The van der Waals surface area contributed by atoms with Gasteiger partial charge in [0.25, 0.3) is 0 Å². The second-order valence-electron chi connectivity index (χ2n) is 3.04. The third-order valence-electron chi connectivity index (χ3n) is 1.70. The zero-order valence-electron chi connectivity index (χ0n) is 7.28. The zero-order valence-corrected chi connectivity index (χ0v) is 8.04. The van der Waals surface area contributed by atoms with Crippen LogP contribution in [0.5, 0.6) is 5.75 Å². The van der Waals surface area contributed by atoms with E-state index in [0.717, 1.165) is 6.20 Å². The molecule has 0 saturated heterocycles. The van der Waals surface area contributed by atoms with Gasteiger partial charge in [0.1, 0.15) is 5.02 Å². The van der Waals surface area contributed by atoms with E-state index in [1.165, 1.54) is 0 Å². The molecule has 0 spiro atoms. The molecule has 0 saturated carbocycles. The first-order chi connectivity index (χ1) is 5.95. The SMILES string of the molecule is CC(C)c1c(Cl)c(=O)c(O)cn1O. The molecular weight excluding hydrogens is 194 g/mol. The van der Waals surface area contributed by atoms with E-state index in [-0.39, 0.29) is 10.9 Å².